The van der Waals surface area contributed by atoms with Crippen LogP contribution in [0.5, 0.6) is 0 Å². The van der Waals surface area contributed by atoms with Crippen molar-refractivity contribution in [3.63, 3.8) is 0 Å². The molecule has 0 N–H and O–H groups in total. The van der Waals surface area contributed by atoms with E-state index in [9.17, 15) is 4.79 Å². The number of benzene rings is 1. The third-order valence-electron chi connectivity index (χ3n) is 5.74. The Morgan fingerprint density at radius 1 is 0.857 bits per heavy atom. The Kier molecular flexibility index (Phi) is 5.74. The third-order valence-corrected chi connectivity index (χ3v) is 5.74. The highest BCUT2D eigenvalue weighted by atomic mass is 16.2. The van der Waals surface area contributed by atoms with E-state index in [2.05, 4.69) is 51.0 Å². The second kappa shape index (κ2) is 8.59. The number of hydrogen-bond donors (Lipinski definition) is 0. The van der Waals surface area contributed by atoms with Crippen LogP contribution in [0.4, 0.5) is 11.5 Å². The van der Waals surface area contributed by atoms with Gasteiger partial charge < -0.3 is 14.7 Å². The lowest BCUT2D eigenvalue weighted by Gasteiger charge is -2.36. The fraction of sp³-hybridized carbons (Fsp3) is 0.500. The number of rotatable bonds is 3. The molecule has 0 saturated carbocycles. The van der Waals surface area contributed by atoms with Crippen molar-refractivity contribution in [3.8, 4) is 0 Å². The molecular weight excluding hydrogens is 350 g/mol. The van der Waals surface area contributed by atoms with Crippen molar-refractivity contribution >= 4 is 17.4 Å². The van der Waals surface area contributed by atoms with Crippen molar-refractivity contribution in [1.82, 2.24) is 14.9 Å². The van der Waals surface area contributed by atoms with E-state index < -0.39 is 0 Å². The SMILES string of the molecule is Cc1cccc(N2CCN(C(=O)c3cc(N4CCCCCC4)ncn3)CC2)c1. The zero-order valence-corrected chi connectivity index (χ0v) is 16.7. The van der Waals surface area contributed by atoms with Crippen molar-refractivity contribution in [2.75, 3.05) is 49.1 Å². The highest BCUT2D eigenvalue weighted by Gasteiger charge is 2.24. The summed E-state index contributed by atoms with van der Waals surface area (Å²) >= 11 is 0. The summed E-state index contributed by atoms with van der Waals surface area (Å²) in [5.74, 6) is 0.904. The van der Waals surface area contributed by atoms with Crippen LogP contribution in [0, 0.1) is 6.92 Å². The van der Waals surface area contributed by atoms with E-state index in [4.69, 9.17) is 0 Å². The normalized spacial score (nSPS) is 18.1. The smallest absolute Gasteiger partial charge is 0.272 e. The Labute approximate surface area is 167 Å². The number of aromatic nitrogens is 2. The summed E-state index contributed by atoms with van der Waals surface area (Å²) in [6.45, 7) is 7.27. The molecule has 0 bridgehead atoms. The van der Waals surface area contributed by atoms with Crippen LogP contribution < -0.4 is 9.80 Å². The van der Waals surface area contributed by atoms with Gasteiger partial charge >= 0.3 is 0 Å². The molecule has 28 heavy (non-hydrogen) atoms. The number of carbonyl (C=O) groups is 1. The average molecular weight is 380 g/mol. The maximum Gasteiger partial charge on any atom is 0.272 e. The number of hydrogen-bond acceptors (Lipinski definition) is 5. The van der Waals surface area contributed by atoms with E-state index in [1.165, 1.54) is 43.3 Å². The van der Waals surface area contributed by atoms with Crippen LogP contribution in [0.2, 0.25) is 0 Å². The summed E-state index contributed by atoms with van der Waals surface area (Å²) in [7, 11) is 0. The van der Waals surface area contributed by atoms with Crippen molar-refractivity contribution < 1.29 is 4.79 Å². The summed E-state index contributed by atoms with van der Waals surface area (Å²) in [4.78, 5) is 28.3. The third kappa shape index (κ3) is 4.26. The van der Waals surface area contributed by atoms with Crippen LogP contribution in [0.15, 0.2) is 36.7 Å². The van der Waals surface area contributed by atoms with E-state index in [0.29, 0.717) is 5.69 Å². The van der Waals surface area contributed by atoms with Crippen LogP contribution in [0.1, 0.15) is 41.7 Å². The largest absolute Gasteiger partial charge is 0.368 e. The number of amides is 1. The minimum atomic E-state index is 0.0161. The number of anilines is 2. The van der Waals surface area contributed by atoms with Crippen LogP contribution in [0.25, 0.3) is 0 Å². The zero-order chi connectivity index (χ0) is 19.3. The van der Waals surface area contributed by atoms with Gasteiger partial charge in [0, 0.05) is 51.0 Å². The first-order valence-electron chi connectivity index (χ1n) is 10.4. The molecule has 0 unspecified atom stereocenters. The molecule has 2 aliphatic heterocycles. The molecule has 2 aromatic rings. The second-order valence-electron chi connectivity index (χ2n) is 7.78. The van der Waals surface area contributed by atoms with Gasteiger partial charge in [-0.05, 0) is 37.5 Å². The van der Waals surface area contributed by atoms with Gasteiger partial charge in [0.05, 0.1) is 0 Å². The number of aryl methyl sites for hydroxylation is 1. The molecule has 0 atom stereocenters. The topological polar surface area (TPSA) is 52.6 Å². The van der Waals surface area contributed by atoms with Gasteiger partial charge in [-0.15, -0.1) is 0 Å². The number of piperazine rings is 1. The highest BCUT2D eigenvalue weighted by Crippen LogP contribution is 2.20. The summed E-state index contributed by atoms with van der Waals surface area (Å²) in [6.07, 6.45) is 6.47. The molecule has 2 saturated heterocycles. The quantitative estimate of drug-likeness (QED) is 0.820. The Morgan fingerprint density at radius 3 is 2.32 bits per heavy atom. The molecule has 2 fully saturated rings. The Hall–Kier alpha value is -2.63. The van der Waals surface area contributed by atoms with Crippen LogP contribution in [0.3, 0.4) is 0 Å². The minimum Gasteiger partial charge on any atom is -0.368 e. The molecule has 0 radical (unpaired) electrons. The van der Waals surface area contributed by atoms with Gasteiger partial charge in [0.2, 0.25) is 0 Å². The molecule has 4 rings (SSSR count). The Morgan fingerprint density at radius 2 is 1.61 bits per heavy atom. The fourth-order valence-corrected chi connectivity index (χ4v) is 4.09. The first-order valence-corrected chi connectivity index (χ1v) is 10.4. The average Bonchev–Trinajstić information content (AvgIpc) is 3.03. The maximum absolute atomic E-state index is 13.0. The van der Waals surface area contributed by atoms with E-state index >= 15 is 0 Å². The van der Waals surface area contributed by atoms with Crippen molar-refractivity contribution in [1.29, 1.82) is 0 Å². The summed E-state index contributed by atoms with van der Waals surface area (Å²) < 4.78 is 0. The summed E-state index contributed by atoms with van der Waals surface area (Å²) in [5.41, 5.74) is 3.01. The van der Waals surface area contributed by atoms with Crippen LogP contribution >= 0.6 is 0 Å². The fourth-order valence-electron chi connectivity index (χ4n) is 4.09. The van der Waals surface area contributed by atoms with Crippen molar-refractivity contribution in [2.45, 2.75) is 32.6 Å². The predicted molar refractivity (Wildman–Crippen MR) is 112 cm³/mol. The van der Waals surface area contributed by atoms with Crippen LogP contribution in [-0.2, 0) is 0 Å². The molecule has 6 nitrogen and oxygen atoms in total. The lowest BCUT2D eigenvalue weighted by atomic mass is 10.2. The maximum atomic E-state index is 13.0. The first-order chi connectivity index (χ1) is 13.7. The molecule has 1 amide bonds. The molecule has 0 spiro atoms. The molecule has 1 aromatic heterocycles. The van der Waals surface area contributed by atoms with Gasteiger partial charge in [0.15, 0.2) is 0 Å². The zero-order valence-electron chi connectivity index (χ0n) is 16.7. The van der Waals surface area contributed by atoms with E-state index in [1.54, 1.807) is 0 Å². The van der Waals surface area contributed by atoms with E-state index in [0.717, 1.165) is 45.1 Å². The van der Waals surface area contributed by atoms with Gasteiger partial charge in [0.1, 0.15) is 17.8 Å². The first kappa shape index (κ1) is 18.7. The van der Waals surface area contributed by atoms with Gasteiger partial charge in [0.25, 0.3) is 5.91 Å². The second-order valence-corrected chi connectivity index (χ2v) is 7.78. The van der Waals surface area contributed by atoms with Crippen molar-refractivity contribution in [2.24, 2.45) is 0 Å². The highest BCUT2D eigenvalue weighted by molar-refractivity contribution is 5.93. The lowest BCUT2D eigenvalue weighted by Crippen LogP contribution is -2.49. The van der Waals surface area contributed by atoms with Gasteiger partial charge in [-0.1, -0.05) is 25.0 Å². The molecule has 148 valence electrons. The molecular formula is C22H29N5O. The monoisotopic (exact) mass is 379 g/mol. The van der Waals surface area contributed by atoms with E-state index in [1.807, 2.05) is 11.0 Å². The van der Waals surface area contributed by atoms with Gasteiger partial charge in [-0.2, -0.15) is 0 Å². The minimum absolute atomic E-state index is 0.0161. The summed E-state index contributed by atoms with van der Waals surface area (Å²) in [6, 6.07) is 10.4. The Bertz CT molecular complexity index is 808. The molecule has 6 heteroatoms. The molecule has 2 aliphatic rings. The van der Waals surface area contributed by atoms with Crippen molar-refractivity contribution in [3.05, 3.63) is 47.9 Å². The van der Waals surface area contributed by atoms with Gasteiger partial charge in [-0.25, -0.2) is 9.97 Å². The summed E-state index contributed by atoms with van der Waals surface area (Å²) in [5, 5.41) is 0. The molecule has 0 aliphatic carbocycles. The molecule has 3 heterocycles. The van der Waals surface area contributed by atoms with Gasteiger partial charge in [-0.3, -0.25) is 4.79 Å². The Balaban J connectivity index is 1.40. The lowest BCUT2D eigenvalue weighted by molar-refractivity contribution is 0.0740. The van der Waals surface area contributed by atoms with Crippen LogP contribution in [-0.4, -0.2) is 60.0 Å². The predicted octanol–water partition coefficient (Wildman–Crippen LogP) is 3.13. The number of nitrogens with zero attached hydrogens (tertiary/aromatic N) is 5. The standard InChI is InChI=1S/C22H29N5O/c1-18-7-6-8-19(15-18)25-11-13-27(14-12-25)22(28)20-16-21(24-17-23-20)26-9-4-2-3-5-10-26/h6-8,15-17H,2-5,9-14H2,1H3. The number of carbonyl (C=O) groups excluding carboxylic acids is 1. The van der Waals surface area contributed by atoms with E-state index in [-0.39, 0.29) is 5.91 Å². The molecule has 1 aromatic carbocycles.